The Hall–Kier alpha value is -3.29. The van der Waals surface area contributed by atoms with E-state index < -0.39 is 0 Å². The molecule has 3 aromatic rings. The highest BCUT2D eigenvalue weighted by Crippen LogP contribution is 2.23. The fraction of sp³-hybridized carbons (Fsp3) is 0.409. The number of aryl methyl sites for hydroxylation is 1. The molecule has 8 nitrogen and oxygen atoms in total. The van der Waals surface area contributed by atoms with Crippen LogP contribution in [0, 0.1) is 5.92 Å². The molecular weight excluding hydrogens is 378 g/mol. The molecule has 0 radical (unpaired) electrons. The number of anilines is 2. The summed E-state index contributed by atoms with van der Waals surface area (Å²) in [5, 5.41) is 15.7. The van der Waals surface area contributed by atoms with Crippen molar-refractivity contribution in [2.24, 2.45) is 5.92 Å². The Morgan fingerprint density at radius 1 is 1.07 bits per heavy atom. The molecule has 30 heavy (non-hydrogen) atoms. The molecule has 0 aliphatic carbocycles. The first-order valence-corrected chi connectivity index (χ1v) is 10.6. The molecule has 156 valence electrons. The second-order valence-corrected chi connectivity index (χ2v) is 7.64. The van der Waals surface area contributed by atoms with Gasteiger partial charge in [0.1, 0.15) is 12.7 Å². The number of piperidine rings is 1. The molecule has 0 bridgehead atoms. The molecule has 0 spiro atoms. The molecule has 2 aromatic heterocycles. The summed E-state index contributed by atoms with van der Waals surface area (Å²) in [6.07, 6.45) is 8.12. The lowest BCUT2D eigenvalue weighted by molar-refractivity contribution is -0.120. The highest BCUT2D eigenvalue weighted by molar-refractivity contribution is 5.92. The molecule has 4 rings (SSSR count). The van der Waals surface area contributed by atoms with Gasteiger partial charge in [-0.3, -0.25) is 4.79 Å². The molecule has 1 saturated heterocycles. The lowest BCUT2D eigenvalue weighted by Crippen LogP contribution is -2.38. The topological polar surface area (TPSA) is 88.8 Å². The molecule has 1 N–H and O–H groups in total. The van der Waals surface area contributed by atoms with Crippen molar-refractivity contribution < 1.29 is 4.79 Å². The number of benzene rings is 1. The summed E-state index contributed by atoms with van der Waals surface area (Å²) in [6.45, 7) is 3.76. The van der Waals surface area contributed by atoms with Crippen LogP contribution in [0.5, 0.6) is 0 Å². The zero-order valence-corrected chi connectivity index (χ0v) is 17.2. The zero-order valence-electron chi connectivity index (χ0n) is 17.2. The van der Waals surface area contributed by atoms with Crippen LogP contribution < -0.4 is 10.2 Å². The van der Waals surface area contributed by atoms with Crippen LogP contribution in [-0.2, 0) is 11.2 Å². The highest BCUT2D eigenvalue weighted by Gasteiger charge is 2.26. The van der Waals surface area contributed by atoms with E-state index in [9.17, 15) is 4.79 Å². The molecule has 0 atom stereocenters. The predicted octanol–water partition coefficient (Wildman–Crippen LogP) is 3.26. The highest BCUT2D eigenvalue weighted by atomic mass is 16.1. The zero-order chi connectivity index (χ0) is 20.8. The van der Waals surface area contributed by atoms with Gasteiger partial charge in [-0.2, -0.15) is 5.10 Å². The van der Waals surface area contributed by atoms with E-state index in [1.54, 1.807) is 11.0 Å². The molecule has 1 aliphatic heterocycles. The maximum absolute atomic E-state index is 12.7. The maximum Gasteiger partial charge on any atom is 0.227 e. The normalized spacial score (nSPS) is 14.6. The van der Waals surface area contributed by atoms with Crippen LogP contribution in [0.3, 0.4) is 0 Å². The van der Waals surface area contributed by atoms with Gasteiger partial charge in [-0.25, -0.2) is 9.67 Å². The van der Waals surface area contributed by atoms with Gasteiger partial charge in [0, 0.05) is 24.7 Å². The lowest BCUT2D eigenvalue weighted by atomic mass is 9.95. The third-order valence-electron chi connectivity index (χ3n) is 5.52. The van der Waals surface area contributed by atoms with Crippen molar-refractivity contribution in [2.45, 2.75) is 39.0 Å². The number of hydrogen-bond donors (Lipinski definition) is 1. The van der Waals surface area contributed by atoms with Gasteiger partial charge >= 0.3 is 0 Å². The minimum Gasteiger partial charge on any atom is -0.355 e. The van der Waals surface area contributed by atoms with Gasteiger partial charge in [0.15, 0.2) is 11.6 Å². The van der Waals surface area contributed by atoms with Crippen LogP contribution in [0.4, 0.5) is 11.5 Å². The number of unbranched alkanes of at least 4 members (excludes halogenated alkanes) is 1. The summed E-state index contributed by atoms with van der Waals surface area (Å²) in [6, 6.07) is 12.0. The van der Waals surface area contributed by atoms with Crippen LogP contribution in [0.2, 0.25) is 0 Å². The van der Waals surface area contributed by atoms with Crippen molar-refractivity contribution in [3.05, 3.63) is 54.6 Å². The molecule has 8 heteroatoms. The largest absolute Gasteiger partial charge is 0.355 e. The van der Waals surface area contributed by atoms with E-state index >= 15 is 0 Å². The van der Waals surface area contributed by atoms with E-state index in [2.05, 4.69) is 49.6 Å². The van der Waals surface area contributed by atoms with Gasteiger partial charge in [0.05, 0.1) is 0 Å². The smallest absolute Gasteiger partial charge is 0.227 e. The molecule has 1 amide bonds. The van der Waals surface area contributed by atoms with E-state index in [0.717, 1.165) is 43.9 Å². The number of nitrogens with zero attached hydrogens (tertiary/aromatic N) is 6. The third kappa shape index (κ3) is 4.82. The van der Waals surface area contributed by atoms with Gasteiger partial charge in [-0.05, 0) is 55.5 Å². The van der Waals surface area contributed by atoms with Crippen molar-refractivity contribution >= 4 is 17.4 Å². The van der Waals surface area contributed by atoms with Crippen LogP contribution in [0.25, 0.3) is 5.82 Å². The summed E-state index contributed by atoms with van der Waals surface area (Å²) in [4.78, 5) is 18.8. The average Bonchev–Trinajstić information content (AvgIpc) is 3.34. The van der Waals surface area contributed by atoms with Crippen LogP contribution in [-0.4, -0.2) is 44.0 Å². The molecule has 0 saturated carbocycles. The van der Waals surface area contributed by atoms with Gasteiger partial charge < -0.3 is 10.2 Å². The first-order chi connectivity index (χ1) is 14.7. The van der Waals surface area contributed by atoms with Crippen molar-refractivity contribution in [3.8, 4) is 5.82 Å². The number of nitrogens with one attached hydrogen (secondary N) is 1. The number of hydrogen-bond acceptors (Lipinski definition) is 6. The number of aromatic nitrogens is 5. The fourth-order valence-electron chi connectivity index (χ4n) is 3.69. The summed E-state index contributed by atoms with van der Waals surface area (Å²) >= 11 is 0. The third-order valence-corrected chi connectivity index (χ3v) is 5.52. The van der Waals surface area contributed by atoms with E-state index in [0.29, 0.717) is 5.82 Å². The summed E-state index contributed by atoms with van der Waals surface area (Å²) < 4.78 is 1.57. The maximum atomic E-state index is 12.7. The second kappa shape index (κ2) is 9.47. The molecule has 1 aromatic carbocycles. The Labute approximate surface area is 176 Å². The SMILES string of the molecule is CCCCc1ccc(NC(=O)C2CCN(c3ccc(-n4cncn4)nn3)CC2)cc1. The summed E-state index contributed by atoms with van der Waals surface area (Å²) in [5.74, 6) is 1.57. The lowest BCUT2D eigenvalue weighted by Gasteiger charge is -2.31. The van der Waals surface area contributed by atoms with Crippen molar-refractivity contribution in [1.29, 1.82) is 0 Å². The Balaban J connectivity index is 1.28. The number of rotatable bonds is 7. The minimum absolute atomic E-state index is 0.0170. The number of amides is 1. The fourth-order valence-corrected chi connectivity index (χ4v) is 3.69. The second-order valence-electron chi connectivity index (χ2n) is 7.64. The number of carbonyl (C=O) groups excluding carboxylic acids is 1. The minimum atomic E-state index is 0.0170. The van der Waals surface area contributed by atoms with Gasteiger partial charge in [-0.1, -0.05) is 25.5 Å². The first-order valence-electron chi connectivity index (χ1n) is 10.6. The molecular formula is C22H27N7O. The van der Waals surface area contributed by atoms with E-state index in [4.69, 9.17) is 0 Å². The molecule has 3 heterocycles. The predicted molar refractivity (Wildman–Crippen MR) is 116 cm³/mol. The van der Waals surface area contributed by atoms with E-state index in [1.165, 1.54) is 24.7 Å². The Kier molecular flexibility index (Phi) is 6.32. The summed E-state index contributed by atoms with van der Waals surface area (Å²) in [7, 11) is 0. The standard InChI is InChI=1S/C22H27N7O/c1-2-3-4-17-5-7-19(8-6-17)25-22(30)18-11-13-28(14-12-18)20-9-10-21(27-26-20)29-16-23-15-24-29/h5-10,15-16,18H,2-4,11-14H2,1H3,(H,25,30). The quantitative estimate of drug-likeness (QED) is 0.649. The Bertz CT molecular complexity index is 931. The summed E-state index contributed by atoms with van der Waals surface area (Å²) in [5.41, 5.74) is 2.19. The molecule has 1 fully saturated rings. The van der Waals surface area contributed by atoms with Crippen LogP contribution in [0.1, 0.15) is 38.2 Å². The van der Waals surface area contributed by atoms with Gasteiger partial charge in [-0.15, -0.1) is 10.2 Å². The Morgan fingerprint density at radius 3 is 2.43 bits per heavy atom. The molecule has 1 aliphatic rings. The van der Waals surface area contributed by atoms with Crippen LogP contribution in [0.15, 0.2) is 49.1 Å². The van der Waals surface area contributed by atoms with E-state index in [1.807, 2.05) is 24.3 Å². The number of carbonyl (C=O) groups is 1. The van der Waals surface area contributed by atoms with E-state index in [-0.39, 0.29) is 11.8 Å². The Morgan fingerprint density at radius 2 is 1.80 bits per heavy atom. The molecule has 0 unspecified atom stereocenters. The van der Waals surface area contributed by atoms with Crippen LogP contribution >= 0.6 is 0 Å². The first kappa shape index (κ1) is 20.0. The van der Waals surface area contributed by atoms with Crippen molar-refractivity contribution in [1.82, 2.24) is 25.0 Å². The van der Waals surface area contributed by atoms with Gasteiger partial charge in [0.25, 0.3) is 0 Å². The van der Waals surface area contributed by atoms with Crippen molar-refractivity contribution in [3.63, 3.8) is 0 Å². The van der Waals surface area contributed by atoms with Crippen molar-refractivity contribution in [2.75, 3.05) is 23.3 Å². The monoisotopic (exact) mass is 405 g/mol. The van der Waals surface area contributed by atoms with Gasteiger partial charge in [0.2, 0.25) is 5.91 Å². The average molecular weight is 406 g/mol.